The van der Waals surface area contributed by atoms with Gasteiger partial charge in [0.25, 0.3) is 0 Å². The molecule has 3 rings (SSSR count). The van der Waals surface area contributed by atoms with Crippen LogP contribution in [0.4, 0.5) is 0 Å². The first kappa shape index (κ1) is 12.2. The van der Waals surface area contributed by atoms with Crippen molar-refractivity contribution < 1.29 is 4.84 Å². The lowest BCUT2D eigenvalue weighted by Crippen LogP contribution is -2.32. The van der Waals surface area contributed by atoms with Crippen LogP contribution in [0.25, 0.3) is 5.70 Å². The standard InChI is InChI=1S/C14H20N2OS/c1-2-11-7-8-13(18-11)12-9-14(15)17-16(12)10-5-3-4-6-10/h7-10,14H,2-6,15H2,1H3. The number of nitrogens with zero attached hydrogens (tertiary/aromatic N) is 1. The SMILES string of the molecule is CCc1ccc(C2=CC(N)ON2C2CCCC2)s1. The van der Waals surface area contributed by atoms with Gasteiger partial charge in [-0.05, 0) is 37.5 Å². The summed E-state index contributed by atoms with van der Waals surface area (Å²) in [6, 6.07) is 4.91. The van der Waals surface area contributed by atoms with Crippen LogP contribution >= 0.6 is 11.3 Å². The Morgan fingerprint density at radius 1 is 1.39 bits per heavy atom. The second kappa shape index (κ2) is 5.03. The van der Waals surface area contributed by atoms with Gasteiger partial charge in [0.2, 0.25) is 0 Å². The average Bonchev–Trinajstić information content (AvgIpc) is 3.08. The lowest BCUT2D eigenvalue weighted by atomic mass is 10.2. The molecule has 0 amide bonds. The molecular formula is C14H20N2OS. The fraction of sp³-hybridized carbons (Fsp3) is 0.571. The normalized spacial score (nSPS) is 24.9. The molecule has 4 heteroatoms. The van der Waals surface area contributed by atoms with Crippen LogP contribution in [0.15, 0.2) is 18.2 Å². The van der Waals surface area contributed by atoms with Gasteiger partial charge in [-0.25, -0.2) is 5.06 Å². The minimum Gasteiger partial charge on any atom is -0.301 e. The van der Waals surface area contributed by atoms with Crippen molar-refractivity contribution in [3.05, 3.63) is 28.0 Å². The summed E-state index contributed by atoms with van der Waals surface area (Å²) in [7, 11) is 0. The quantitative estimate of drug-likeness (QED) is 0.911. The van der Waals surface area contributed by atoms with Gasteiger partial charge in [0.1, 0.15) is 0 Å². The van der Waals surface area contributed by atoms with Gasteiger partial charge in [-0.3, -0.25) is 4.84 Å². The highest BCUT2D eigenvalue weighted by molar-refractivity contribution is 7.13. The van der Waals surface area contributed by atoms with E-state index in [1.807, 2.05) is 17.4 Å². The van der Waals surface area contributed by atoms with Crippen LogP contribution in [-0.4, -0.2) is 17.3 Å². The van der Waals surface area contributed by atoms with Crippen LogP contribution in [0.1, 0.15) is 42.4 Å². The zero-order valence-electron chi connectivity index (χ0n) is 10.8. The first-order chi connectivity index (χ1) is 8.78. The zero-order chi connectivity index (χ0) is 12.5. The summed E-state index contributed by atoms with van der Waals surface area (Å²) in [6.45, 7) is 2.19. The molecule has 1 aliphatic heterocycles. The van der Waals surface area contributed by atoms with Crippen molar-refractivity contribution in [3.8, 4) is 0 Å². The molecule has 2 heterocycles. The van der Waals surface area contributed by atoms with Crippen LogP contribution in [0.3, 0.4) is 0 Å². The van der Waals surface area contributed by atoms with E-state index in [0.29, 0.717) is 6.04 Å². The second-order valence-corrected chi connectivity index (χ2v) is 6.17. The fourth-order valence-corrected chi connectivity index (χ4v) is 3.73. The van der Waals surface area contributed by atoms with Crippen LogP contribution < -0.4 is 5.73 Å². The maximum Gasteiger partial charge on any atom is 0.155 e. The van der Waals surface area contributed by atoms with Gasteiger partial charge in [0.15, 0.2) is 6.23 Å². The third-order valence-electron chi connectivity index (χ3n) is 3.71. The summed E-state index contributed by atoms with van der Waals surface area (Å²) in [4.78, 5) is 8.48. The van der Waals surface area contributed by atoms with Crippen molar-refractivity contribution in [2.45, 2.75) is 51.3 Å². The van der Waals surface area contributed by atoms with Gasteiger partial charge in [-0.2, -0.15) is 0 Å². The molecule has 1 fully saturated rings. The van der Waals surface area contributed by atoms with E-state index in [4.69, 9.17) is 10.6 Å². The first-order valence-corrected chi connectivity index (χ1v) is 7.62. The van der Waals surface area contributed by atoms with E-state index < -0.39 is 0 Å². The fourth-order valence-electron chi connectivity index (χ4n) is 2.77. The lowest BCUT2D eigenvalue weighted by molar-refractivity contribution is -0.144. The smallest absolute Gasteiger partial charge is 0.155 e. The van der Waals surface area contributed by atoms with Crippen molar-refractivity contribution in [2.24, 2.45) is 5.73 Å². The predicted molar refractivity (Wildman–Crippen MR) is 74.8 cm³/mol. The number of thiophene rings is 1. The molecule has 1 unspecified atom stereocenters. The Bertz CT molecular complexity index is 448. The molecule has 0 aromatic carbocycles. The molecule has 1 aromatic rings. The van der Waals surface area contributed by atoms with E-state index in [9.17, 15) is 0 Å². The van der Waals surface area contributed by atoms with Crippen LogP contribution in [0, 0.1) is 0 Å². The summed E-state index contributed by atoms with van der Waals surface area (Å²) in [5.74, 6) is 0. The van der Waals surface area contributed by atoms with Crippen LogP contribution in [-0.2, 0) is 11.3 Å². The zero-order valence-corrected chi connectivity index (χ0v) is 11.6. The molecule has 1 aliphatic carbocycles. The molecule has 0 bridgehead atoms. The summed E-state index contributed by atoms with van der Waals surface area (Å²) < 4.78 is 0. The number of hydrogen-bond acceptors (Lipinski definition) is 4. The van der Waals surface area contributed by atoms with Crippen molar-refractivity contribution in [3.63, 3.8) is 0 Å². The van der Waals surface area contributed by atoms with Gasteiger partial charge >= 0.3 is 0 Å². The van der Waals surface area contributed by atoms with Gasteiger partial charge in [0, 0.05) is 4.88 Å². The third-order valence-corrected chi connectivity index (χ3v) is 4.97. The Hall–Kier alpha value is -0.840. The molecule has 2 N–H and O–H groups in total. The van der Waals surface area contributed by atoms with Crippen molar-refractivity contribution >= 4 is 17.0 Å². The number of rotatable bonds is 3. The molecule has 0 radical (unpaired) electrons. The molecule has 0 saturated heterocycles. The molecule has 98 valence electrons. The molecular weight excluding hydrogens is 244 g/mol. The maximum absolute atomic E-state index is 5.92. The Morgan fingerprint density at radius 3 is 2.83 bits per heavy atom. The summed E-state index contributed by atoms with van der Waals surface area (Å²) >= 11 is 1.85. The number of hydrogen-bond donors (Lipinski definition) is 1. The molecule has 1 atom stereocenters. The molecule has 1 aromatic heterocycles. The topological polar surface area (TPSA) is 38.5 Å². The Balaban J connectivity index is 1.85. The lowest BCUT2D eigenvalue weighted by Gasteiger charge is -2.27. The minimum atomic E-state index is -0.284. The second-order valence-electron chi connectivity index (χ2n) is 5.01. The average molecular weight is 264 g/mol. The third kappa shape index (κ3) is 2.20. The van der Waals surface area contributed by atoms with E-state index >= 15 is 0 Å². The van der Waals surface area contributed by atoms with Gasteiger partial charge in [-0.15, -0.1) is 11.3 Å². The molecule has 18 heavy (non-hydrogen) atoms. The van der Waals surface area contributed by atoms with Crippen molar-refractivity contribution in [1.82, 2.24) is 5.06 Å². The highest BCUT2D eigenvalue weighted by Crippen LogP contribution is 2.37. The molecule has 1 saturated carbocycles. The highest BCUT2D eigenvalue weighted by Gasteiger charge is 2.32. The monoisotopic (exact) mass is 264 g/mol. The van der Waals surface area contributed by atoms with Crippen LogP contribution in [0.5, 0.6) is 0 Å². The van der Waals surface area contributed by atoms with Gasteiger partial charge in [0.05, 0.1) is 16.6 Å². The predicted octanol–water partition coefficient (Wildman–Crippen LogP) is 3.13. The van der Waals surface area contributed by atoms with Crippen molar-refractivity contribution in [1.29, 1.82) is 0 Å². The minimum absolute atomic E-state index is 0.284. The van der Waals surface area contributed by atoms with Crippen LogP contribution in [0.2, 0.25) is 0 Å². The molecule has 2 aliphatic rings. The Morgan fingerprint density at radius 2 is 2.17 bits per heavy atom. The molecule has 3 nitrogen and oxygen atoms in total. The van der Waals surface area contributed by atoms with E-state index in [-0.39, 0.29) is 6.23 Å². The number of aryl methyl sites for hydroxylation is 1. The van der Waals surface area contributed by atoms with Gasteiger partial charge in [-0.1, -0.05) is 19.8 Å². The Labute approximate surface area is 112 Å². The largest absolute Gasteiger partial charge is 0.301 e. The van der Waals surface area contributed by atoms with Gasteiger partial charge < -0.3 is 5.73 Å². The summed E-state index contributed by atoms with van der Waals surface area (Å²) in [5.41, 5.74) is 7.10. The van der Waals surface area contributed by atoms with E-state index in [2.05, 4.69) is 24.1 Å². The maximum atomic E-state index is 5.92. The molecule has 0 spiro atoms. The number of nitrogens with two attached hydrogens (primary N) is 1. The first-order valence-electron chi connectivity index (χ1n) is 6.80. The summed E-state index contributed by atoms with van der Waals surface area (Å²) in [5, 5.41) is 2.07. The highest BCUT2D eigenvalue weighted by atomic mass is 32.1. The van der Waals surface area contributed by atoms with E-state index in [1.165, 1.54) is 41.1 Å². The van der Waals surface area contributed by atoms with E-state index in [1.54, 1.807) is 0 Å². The Kier molecular flexibility index (Phi) is 3.41. The summed E-state index contributed by atoms with van der Waals surface area (Å²) in [6.07, 6.45) is 7.90. The van der Waals surface area contributed by atoms with Crippen molar-refractivity contribution in [2.75, 3.05) is 0 Å². The number of hydroxylamine groups is 2. The van der Waals surface area contributed by atoms with E-state index in [0.717, 1.165) is 6.42 Å².